The summed E-state index contributed by atoms with van der Waals surface area (Å²) in [6, 6.07) is 0. The molecule has 1 nitrogen and oxygen atoms in total. The molecule has 0 atom stereocenters. The zero-order valence-corrected chi connectivity index (χ0v) is 17.5. The Morgan fingerprint density at radius 1 is 0.900 bits per heavy atom. The van der Waals surface area contributed by atoms with Crippen LogP contribution in [0.2, 0.25) is 18.1 Å². The highest BCUT2D eigenvalue weighted by Gasteiger charge is 2.36. The molecule has 0 saturated heterocycles. The minimum atomic E-state index is -1.53. The molecule has 0 spiro atoms. The number of allylic oxidation sites excluding steroid dienone is 1. The fraction of sp³-hybridized carbons (Fsp3) is 0.882. The van der Waals surface area contributed by atoms with Crippen molar-refractivity contribution in [2.75, 3.05) is 11.0 Å². The summed E-state index contributed by atoms with van der Waals surface area (Å²) in [5.41, 5.74) is 0. The van der Waals surface area contributed by atoms with Crippen LogP contribution in [0.25, 0.3) is 0 Å². The lowest BCUT2D eigenvalue weighted by Crippen LogP contribution is -2.40. The van der Waals surface area contributed by atoms with Gasteiger partial charge < -0.3 is 4.43 Å². The van der Waals surface area contributed by atoms with Crippen LogP contribution in [-0.2, 0) is 4.43 Å². The van der Waals surface area contributed by atoms with Crippen molar-refractivity contribution in [3.63, 3.8) is 0 Å². The quantitative estimate of drug-likeness (QED) is 0.121. The monoisotopic (exact) mass is 410 g/mol. The highest BCUT2D eigenvalue weighted by Crippen LogP contribution is 2.36. The minimum absolute atomic E-state index is 0.328. The van der Waals surface area contributed by atoms with E-state index in [0.717, 1.165) is 13.0 Å². The molecule has 0 rings (SSSR count). The van der Waals surface area contributed by atoms with E-state index in [2.05, 4.69) is 68.6 Å². The Kier molecular flexibility index (Phi) is 11.6. The first-order valence-electron chi connectivity index (χ1n) is 8.16. The van der Waals surface area contributed by atoms with Crippen LogP contribution < -0.4 is 0 Å². The van der Waals surface area contributed by atoms with Crippen molar-refractivity contribution in [1.82, 2.24) is 0 Å². The van der Waals surface area contributed by atoms with Gasteiger partial charge in [-0.15, -0.1) is 0 Å². The summed E-state index contributed by atoms with van der Waals surface area (Å²) < 4.78 is 7.46. The van der Waals surface area contributed by atoms with Gasteiger partial charge in [0, 0.05) is 6.61 Å². The van der Waals surface area contributed by atoms with Gasteiger partial charge in [0.2, 0.25) is 0 Å². The predicted molar refractivity (Wildman–Crippen MR) is 103 cm³/mol. The second kappa shape index (κ2) is 11.2. The Morgan fingerprint density at radius 2 is 1.45 bits per heavy atom. The van der Waals surface area contributed by atoms with E-state index < -0.39 is 8.32 Å². The van der Waals surface area contributed by atoms with Gasteiger partial charge in [-0.2, -0.15) is 0 Å². The topological polar surface area (TPSA) is 9.23 Å². The average molecular weight is 410 g/mol. The normalized spacial score (nSPS) is 13.3. The second-order valence-corrected chi connectivity index (χ2v) is 13.0. The van der Waals surface area contributed by atoms with Gasteiger partial charge in [-0.05, 0) is 48.2 Å². The average Bonchev–Trinajstić information content (AvgIpc) is 2.34. The van der Waals surface area contributed by atoms with Crippen molar-refractivity contribution in [3.8, 4) is 0 Å². The van der Waals surface area contributed by atoms with Gasteiger partial charge in [-0.3, -0.25) is 0 Å². The molecule has 0 bridgehead atoms. The third kappa shape index (κ3) is 10.4. The zero-order chi connectivity index (χ0) is 15.5. The third-order valence-corrected chi connectivity index (χ3v) is 9.53. The van der Waals surface area contributed by atoms with Crippen LogP contribution in [0, 0.1) is 0 Å². The lowest BCUT2D eigenvalue weighted by Gasteiger charge is -2.36. The van der Waals surface area contributed by atoms with Crippen LogP contribution in [0.4, 0.5) is 0 Å². The molecule has 0 unspecified atom stereocenters. The van der Waals surface area contributed by atoms with E-state index in [1.54, 1.807) is 0 Å². The number of rotatable bonds is 11. The van der Waals surface area contributed by atoms with Gasteiger partial charge >= 0.3 is 0 Å². The molecule has 0 heterocycles. The first kappa shape index (κ1) is 20.6. The number of hydrogen-bond donors (Lipinski definition) is 0. The summed E-state index contributed by atoms with van der Waals surface area (Å²) in [4.78, 5) is 0. The predicted octanol–water partition coefficient (Wildman–Crippen LogP) is 6.73. The maximum Gasteiger partial charge on any atom is 0.191 e. The van der Waals surface area contributed by atoms with Gasteiger partial charge in [0.15, 0.2) is 8.32 Å². The van der Waals surface area contributed by atoms with Gasteiger partial charge in [-0.25, -0.2) is 0 Å². The lowest BCUT2D eigenvalue weighted by molar-refractivity contribution is 0.294. The Labute approximate surface area is 142 Å². The lowest BCUT2D eigenvalue weighted by atomic mass is 10.1. The summed E-state index contributed by atoms with van der Waals surface area (Å²) in [7, 11) is -1.53. The number of halogens is 1. The smallest absolute Gasteiger partial charge is 0.191 e. The van der Waals surface area contributed by atoms with Gasteiger partial charge in [0.1, 0.15) is 0 Å². The largest absolute Gasteiger partial charge is 0.417 e. The van der Waals surface area contributed by atoms with Crippen LogP contribution in [0.15, 0.2) is 12.2 Å². The molecule has 0 N–H and O–H groups in total. The Bertz CT molecular complexity index is 256. The first-order valence-corrected chi connectivity index (χ1v) is 12.6. The fourth-order valence-corrected chi connectivity index (χ4v) is 3.32. The SMILES string of the molecule is CC(C)(C)[Si](C)(C)OCC/C=C/CCCCCCCI. The molecule has 20 heavy (non-hydrogen) atoms. The molecule has 0 amide bonds. The molecule has 3 heteroatoms. The van der Waals surface area contributed by atoms with E-state index in [1.807, 2.05) is 0 Å². The molecule has 0 aliphatic rings. The van der Waals surface area contributed by atoms with Gasteiger partial charge in [0.25, 0.3) is 0 Å². The molecule has 120 valence electrons. The van der Waals surface area contributed by atoms with Crippen LogP contribution in [0.3, 0.4) is 0 Å². The summed E-state index contributed by atoms with van der Waals surface area (Å²) in [6.07, 6.45) is 13.9. The molecule has 0 fully saturated rings. The Balaban J connectivity index is 3.49. The van der Waals surface area contributed by atoms with Crippen LogP contribution >= 0.6 is 22.6 Å². The van der Waals surface area contributed by atoms with Crippen LogP contribution in [-0.4, -0.2) is 19.4 Å². The summed E-state index contributed by atoms with van der Waals surface area (Å²) in [5, 5.41) is 0.328. The number of unbranched alkanes of at least 4 members (excludes halogenated alkanes) is 5. The van der Waals surface area contributed by atoms with E-state index in [1.165, 1.54) is 43.0 Å². The molecule has 0 aromatic rings. The van der Waals surface area contributed by atoms with E-state index in [-0.39, 0.29) is 0 Å². The van der Waals surface area contributed by atoms with Gasteiger partial charge in [-0.1, -0.05) is 74.8 Å². The molecule has 0 aromatic carbocycles. The van der Waals surface area contributed by atoms with Crippen molar-refractivity contribution >= 4 is 30.9 Å². The van der Waals surface area contributed by atoms with Crippen molar-refractivity contribution in [1.29, 1.82) is 0 Å². The Morgan fingerprint density at radius 3 is 2.05 bits per heavy atom. The van der Waals surface area contributed by atoms with Crippen LogP contribution in [0.5, 0.6) is 0 Å². The van der Waals surface area contributed by atoms with Crippen molar-refractivity contribution in [2.24, 2.45) is 0 Å². The molecular formula is C17H35IOSi. The first-order chi connectivity index (χ1) is 9.31. The van der Waals surface area contributed by atoms with Crippen molar-refractivity contribution in [3.05, 3.63) is 12.2 Å². The summed E-state index contributed by atoms with van der Waals surface area (Å²) in [5.74, 6) is 0. The second-order valence-electron chi connectivity index (χ2n) is 7.11. The van der Waals surface area contributed by atoms with E-state index in [4.69, 9.17) is 4.43 Å². The van der Waals surface area contributed by atoms with Crippen molar-refractivity contribution < 1.29 is 4.43 Å². The minimum Gasteiger partial charge on any atom is -0.417 e. The van der Waals surface area contributed by atoms with Crippen LogP contribution in [0.1, 0.15) is 65.7 Å². The van der Waals surface area contributed by atoms with E-state index in [9.17, 15) is 0 Å². The van der Waals surface area contributed by atoms with Gasteiger partial charge in [0.05, 0.1) is 0 Å². The molecule has 0 aliphatic carbocycles. The Hall–Kier alpha value is 0.647. The standard InChI is InChI=1S/C17H35IOSi/c1-17(2,3)20(4,5)19-16-14-12-10-8-6-7-9-11-13-15-18/h10,12H,6-9,11,13-16H2,1-5H3/b12-10+. The van der Waals surface area contributed by atoms with E-state index in [0.29, 0.717) is 5.04 Å². The van der Waals surface area contributed by atoms with E-state index >= 15 is 0 Å². The fourth-order valence-electron chi connectivity index (χ4n) is 1.72. The molecule has 0 radical (unpaired) electrons. The number of hydrogen-bond acceptors (Lipinski definition) is 1. The molecular weight excluding hydrogens is 375 g/mol. The maximum absolute atomic E-state index is 6.15. The molecule has 0 saturated carbocycles. The maximum atomic E-state index is 6.15. The number of alkyl halides is 1. The summed E-state index contributed by atoms with van der Waals surface area (Å²) >= 11 is 2.46. The summed E-state index contributed by atoms with van der Waals surface area (Å²) in [6.45, 7) is 12.4. The molecule has 0 aromatic heterocycles. The highest BCUT2D eigenvalue weighted by molar-refractivity contribution is 14.1. The highest BCUT2D eigenvalue weighted by atomic mass is 127. The third-order valence-electron chi connectivity index (χ3n) is 4.22. The zero-order valence-electron chi connectivity index (χ0n) is 14.3. The van der Waals surface area contributed by atoms with Crippen molar-refractivity contribution in [2.45, 2.75) is 83.8 Å². The molecule has 0 aliphatic heterocycles.